The van der Waals surface area contributed by atoms with Crippen molar-refractivity contribution in [2.45, 2.75) is 38.1 Å². The Kier molecular flexibility index (Phi) is 4.28. The van der Waals surface area contributed by atoms with E-state index in [1.807, 2.05) is 24.5 Å². The zero-order chi connectivity index (χ0) is 20.0. The summed E-state index contributed by atoms with van der Waals surface area (Å²) in [6.07, 6.45) is 9.41. The fraction of sp³-hybridized carbons (Fsp3) is 0.286. The van der Waals surface area contributed by atoms with Crippen molar-refractivity contribution >= 4 is 28.0 Å². The molecule has 29 heavy (non-hydrogen) atoms. The number of nitrogens with zero attached hydrogens (tertiary/aromatic N) is 3. The summed E-state index contributed by atoms with van der Waals surface area (Å²) in [7, 11) is 0. The number of imidazole rings is 2. The largest absolute Gasteiger partial charge is 0.344 e. The van der Waals surface area contributed by atoms with E-state index in [1.54, 1.807) is 0 Å². The van der Waals surface area contributed by atoms with Gasteiger partial charge in [0.05, 0.1) is 34.7 Å². The number of fused-ring (bicyclic) bond motifs is 2. The molecule has 7 nitrogen and oxygen atoms in total. The number of hydroxylamine groups is 1. The second kappa shape index (κ2) is 6.97. The summed E-state index contributed by atoms with van der Waals surface area (Å²) in [6.45, 7) is 0. The first-order valence-electron chi connectivity index (χ1n) is 9.74. The molecule has 4 aromatic rings. The molecule has 0 saturated heterocycles. The van der Waals surface area contributed by atoms with Gasteiger partial charge in [-0.15, -0.1) is 0 Å². The summed E-state index contributed by atoms with van der Waals surface area (Å²) in [5.41, 5.74) is 5.13. The van der Waals surface area contributed by atoms with E-state index < -0.39 is 11.7 Å². The molecule has 1 amide bonds. The van der Waals surface area contributed by atoms with Crippen molar-refractivity contribution in [1.29, 1.82) is 0 Å². The highest BCUT2D eigenvalue weighted by Crippen LogP contribution is 2.34. The smallest absolute Gasteiger partial charge is 0.279 e. The third-order valence-electron chi connectivity index (χ3n) is 5.84. The average molecular weight is 393 g/mol. The minimum absolute atomic E-state index is 0.236. The first-order chi connectivity index (χ1) is 14.2. The molecule has 148 valence electrons. The number of aromatic amines is 1. The Balaban J connectivity index is 1.62. The average Bonchev–Trinajstić information content (AvgIpc) is 3.40. The van der Waals surface area contributed by atoms with Gasteiger partial charge in [-0.05, 0) is 36.6 Å². The van der Waals surface area contributed by atoms with Crippen LogP contribution in [0.15, 0.2) is 36.9 Å². The Morgan fingerprint density at radius 1 is 1.21 bits per heavy atom. The van der Waals surface area contributed by atoms with Gasteiger partial charge in [-0.25, -0.2) is 19.8 Å². The number of H-pyrrole nitrogens is 1. The number of carbonyl (C=O) groups excluding carboxylic acids is 1. The summed E-state index contributed by atoms with van der Waals surface area (Å²) < 4.78 is 16.9. The monoisotopic (exact) mass is 393 g/mol. The zero-order valence-corrected chi connectivity index (χ0v) is 15.7. The zero-order valence-electron chi connectivity index (χ0n) is 15.7. The van der Waals surface area contributed by atoms with Gasteiger partial charge in [0.1, 0.15) is 11.4 Å². The molecule has 8 heteroatoms. The van der Waals surface area contributed by atoms with Gasteiger partial charge in [0.2, 0.25) is 0 Å². The molecule has 5 rings (SSSR count). The van der Waals surface area contributed by atoms with Crippen LogP contribution >= 0.6 is 0 Å². The first-order valence-corrected chi connectivity index (χ1v) is 9.74. The third kappa shape index (κ3) is 2.87. The Labute approximate surface area is 165 Å². The van der Waals surface area contributed by atoms with Crippen LogP contribution in [0.1, 0.15) is 48.5 Å². The first kappa shape index (κ1) is 17.8. The van der Waals surface area contributed by atoms with Gasteiger partial charge in [-0.2, -0.15) is 0 Å². The molecule has 2 heterocycles. The summed E-state index contributed by atoms with van der Waals surface area (Å²) in [5.74, 6) is -1.67. The molecule has 0 atom stereocenters. The lowest BCUT2D eigenvalue weighted by Gasteiger charge is -2.23. The Hall–Kier alpha value is -3.26. The Morgan fingerprint density at radius 2 is 2.03 bits per heavy atom. The molecule has 1 saturated carbocycles. The molecule has 0 unspecified atom stereocenters. The molecule has 2 aromatic heterocycles. The Morgan fingerprint density at radius 3 is 2.83 bits per heavy atom. The number of benzene rings is 2. The van der Waals surface area contributed by atoms with Gasteiger partial charge in [0, 0.05) is 11.6 Å². The van der Waals surface area contributed by atoms with Crippen molar-refractivity contribution in [3.05, 3.63) is 48.3 Å². The molecule has 2 aromatic carbocycles. The molecular weight excluding hydrogens is 373 g/mol. The standard InChI is InChI=1S/C21H20FN5O2/c22-15-9-14(19-20(24-10-23-19)18(15)21(28)26-29)12-6-7-17-16(8-12)25-11-27(17)13-4-2-1-3-5-13/h6-11,13,29H,1-5H2,(H,23,24)(H,26,28). The quantitative estimate of drug-likeness (QED) is 0.356. The second-order valence-electron chi connectivity index (χ2n) is 7.50. The highest BCUT2D eigenvalue weighted by Gasteiger charge is 2.22. The lowest BCUT2D eigenvalue weighted by molar-refractivity contribution is 0.0703. The molecule has 3 N–H and O–H groups in total. The molecule has 0 radical (unpaired) electrons. The van der Waals surface area contributed by atoms with Crippen LogP contribution in [0.3, 0.4) is 0 Å². The fourth-order valence-electron chi connectivity index (χ4n) is 4.42. The van der Waals surface area contributed by atoms with E-state index in [0.29, 0.717) is 17.1 Å². The van der Waals surface area contributed by atoms with E-state index in [-0.39, 0.29) is 11.1 Å². The lowest BCUT2D eigenvalue weighted by Crippen LogP contribution is -2.20. The van der Waals surface area contributed by atoms with Gasteiger partial charge in [-0.3, -0.25) is 10.0 Å². The predicted octanol–water partition coefficient (Wildman–Crippen LogP) is 4.34. The van der Waals surface area contributed by atoms with Crippen LogP contribution in [0, 0.1) is 5.82 Å². The van der Waals surface area contributed by atoms with Crippen molar-refractivity contribution in [2.75, 3.05) is 0 Å². The molecule has 1 fully saturated rings. The minimum Gasteiger partial charge on any atom is -0.344 e. The van der Waals surface area contributed by atoms with Gasteiger partial charge < -0.3 is 9.55 Å². The normalized spacial score (nSPS) is 15.2. The van der Waals surface area contributed by atoms with Crippen molar-refractivity contribution in [2.24, 2.45) is 0 Å². The van der Waals surface area contributed by atoms with Crippen molar-refractivity contribution in [3.8, 4) is 11.1 Å². The Bertz CT molecular complexity index is 1220. The summed E-state index contributed by atoms with van der Waals surface area (Å²) in [6, 6.07) is 7.61. The molecule has 0 spiro atoms. The lowest BCUT2D eigenvalue weighted by atomic mass is 9.95. The summed E-state index contributed by atoms with van der Waals surface area (Å²) in [4.78, 5) is 23.5. The van der Waals surface area contributed by atoms with Crippen molar-refractivity contribution in [1.82, 2.24) is 25.0 Å². The number of aromatic nitrogens is 4. The number of amides is 1. The number of hydrogen-bond donors (Lipinski definition) is 3. The third-order valence-corrected chi connectivity index (χ3v) is 5.84. The minimum atomic E-state index is -0.926. The second-order valence-corrected chi connectivity index (χ2v) is 7.50. The highest BCUT2D eigenvalue weighted by molar-refractivity contribution is 6.08. The maximum atomic E-state index is 14.7. The topological polar surface area (TPSA) is 95.8 Å². The molecule has 0 aliphatic heterocycles. The van der Waals surface area contributed by atoms with Crippen LogP contribution in [0.4, 0.5) is 4.39 Å². The van der Waals surface area contributed by atoms with Crippen LogP contribution in [0.2, 0.25) is 0 Å². The van der Waals surface area contributed by atoms with E-state index in [4.69, 9.17) is 5.21 Å². The number of rotatable bonds is 3. The van der Waals surface area contributed by atoms with E-state index in [0.717, 1.165) is 16.6 Å². The molecule has 1 aliphatic rings. The van der Waals surface area contributed by atoms with E-state index in [1.165, 1.54) is 50.0 Å². The van der Waals surface area contributed by atoms with E-state index in [2.05, 4.69) is 19.5 Å². The van der Waals surface area contributed by atoms with Gasteiger partial charge in [0.15, 0.2) is 0 Å². The van der Waals surface area contributed by atoms with Crippen LogP contribution in [-0.4, -0.2) is 30.6 Å². The van der Waals surface area contributed by atoms with Crippen LogP contribution in [-0.2, 0) is 0 Å². The predicted molar refractivity (Wildman–Crippen MR) is 106 cm³/mol. The number of halogens is 1. The number of carbonyl (C=O) groups is 1. The number of nitrogens with one attached hydrogen (secondary N) is 2. The van der Waals surface area contributed by atoms with Gasteiger partial charge >= 0.3 is 0 Å². The van der Waals surface area contributed by atoms with Crippen molar-refractivity contribution < 1.29 is 14.4 Å². The van der Waals surface area contributed by atoms with Gasteiger partial charge in [-0.1, -0.05) is 25.3 Å². The maximum Gasteiger partial charge on any atom is 0.279 e. The van der Waals surface area contributed by atoms with Crippen LogP contribution in [0.25, 0.3) is 33.2 Å². The fourth-order valence-corrected chi connectivity index (χ4v) is 4.42. The maximum absolute atomic E-state index is 14.7. The van der Waals surface area contributed by atoms with E-state index >= 15 is 0 Å². The molecular formula is C21H20FN5O2. The van der Waals surface area contributed by atoms with Gasteiger partial charge in [0.25, 0.3) is 5.91 Å². The number of hydrogen-bond acceptors (Lipinski definition) is 4. The van der Waals surface area contributed by atoms with Crippen molar-refractivity contribution in [3.63, 3.8) is 0 Å². The molecule has 0 bridgehead atoms. The summed E-state index contributed by atoms with van der Waals surface area (Å²) >= 11 is 0. The van der Waals surface area contributed by atoms with Crippen LogP contribution < -0.4 is 5.48 Å². The molecule has 1 aliphatic carbocycles. The summed E-state index contributed by atoms with van der Waals surface area (Å²) in [5, 5.41) is 8.91. The SMILES string of the molecule is O=C(NO)c1c(F)cc(-c2ccc3c(c2)ncn3C2CCCCC2)c2nc[nH]c12. The van der Waals surface area contributed by atoms with Crippen LogP contribution in [0.5, 0.6) is 0 Å². The highest BCUT2D eigenvalue weighted by atomic mass is 19.1. The van der Waals surface area contributed by atoms with E-state index in [9.17, 15) is 9.18 Å².